The van der Waals surface area contributed by atoms with Crippen LogP contribution < -0.4 is 10.2 Å². The summed E-state index contributed by atoms with van der Waals surface area (Å²) in [7, 11) is 0. The van der Waals surface area contributed by atoms with Gasteiger partial charge in [0.15, 0.2) is 0 Å². The maximum atomic E-state index is 14.6. The molecular weight excluding hydrogens is 365 g/mol. The third kappa shape index (κ3) is 4.52. The molecule has 0 spiro atoms. The molecule has 1 heterocycles. The minimum Gasteiger partial charge on any atom is -0.442 e. The zero-order chi connectivity index (χ0) is 19.6. The summed E-state index contributed by atoms with van der Waals surface area (Å²) in [6.45, 7) is -0.215. The van der Waals surface area contributed by atoms with Crippen molar-refractivity contribution >= 4 is 17.7 Å². The molecule has 0 radical (unpaired) electrons. The molecule has 2 amide bonds. The number of carbonyl (C=O) groups is 2. The number of anilines is 1. The molecule has 0 bridgehead atoms. The lowest BCUT2D eigenvalue weighted by Gasteiger charge is -2.26. The van der Waals surface area contributed by atoms with E-state index in [-0.39, 0.29) is 25.1 Å². The standard InChI is InChI=1S/C18H21F3N2O4/c19-15-7-11(3-6-14(15)10-1-4-12(24)5-2-10)23-9-13(27-18(23)26)8-22-17(25)16(20)21/h3,6-7,10,12-13,16,24H,1-2,4-5,8-9H2,(H,22,25). The van der Waals surface area contributed by atoms with Gasteiger partial charge in [-0.3, -0.25) is 9.69 Å². The molecule has 1 aromatic carbocycles. The van der Waals surface area contributed by atoms with Crippen molar-refractivity contribution in [3.05, 3.63) is 29.6 Å². The van der Waals surface area contributed by atoms with Gasteiger partial charge in [-0.2, -0.15) is 8.78 Å². The molecule has 1 aliphatic carbocycles. The Morgan fingerprint density at radius 2 is 2.00 bits per heavy atom. The van der Waals surface area contributed by atoms with Crippen molar-refractivity contribution in [2.45, 2.75) is 50.2 Å². The molecule has 3 rings (SSSR count). The fraction of sp³-hybridized carbons (Fsp3) is 0.556. The quantitative estimate of drug-likeness (QED) is 0.815. The summed E-state index contributed by atoms with van der Waals surface area (Å²) in [4.78, 5) is 24.1. The van der Waals surface area contributed by atoms with Crippen molar-refractivity contribution in [2.75, 3.05) is 18.0 Å². The number of benzene rings is 1. The number of aliphatic hydroxyl groups is 1. The first-order chi connectivity index (χ1) is 12.8. The lowest BCUT2D eigenvalue weighted by molar-refractivity contribution is -0.132. The normalized spacial score (nSPS) is 25.6. The Morgan fingerprint density at radius 1 is 1.30 bits per heavy atom. The zero-order valence-electron chi connectivity index (χ0n) is 14.5. The predicted molar refractivity (Wildman–Crippen MR) is 90.2 cm³/mol. The highest BCUT2D eigenvalue weighted by atomic mass is 19.3. The molecule has 2 fully saturated rings. The van der Waals surface area contributed by atoms with Crippen LogP contribution >= 0.6 is 0 Å². The molecule has 27 heavy (non-hydrogen) atoms. The first-order valence-corrected chi connectivity index (χ1v) is 8.86. The van der Waals surface area contributed by atoms with Gasteiger partial charge in [0.1, 0.15) is 11.9 Å². The van der Waals surface area contributed by atoms with E-state index < -0.39 is 30.3 Å². The van der Waals surface area contributed by atoms with Gasteiger partial charge in [-0.15, -0.1) is 0 Å². The topological polar surface area (TPSA) is 78.9 Å². The van der Waals surface area contributed by atoms with Crippen LogP contribution in [0.2, 0.25) is 0 Å². The molecule has 0 aromatic heterocycles. The fourth-order valence-electron chi connectivity index (χ4n) is 3.53. The van der Waals surface area contributed by atoms with Gasteiger partial charge in [-0.1, -0.05) is 6.07 Å². The summed E-state index contributed by atoms with van der Waals surface area (Å²) in [5, 5.41) is 11.6. The van der Waals surface area contributed by atoms with Crippen LogP contribution in [0.5, 0.6) is 0 Å². The summed E-state index contributed by atoms with van der Waals surface area (Å²) >= 11 is 0. The van der Waals surface area contributed by atoms with Crippen LogP contribution in [-0.2, 0) is 9.53 Å². The Kier molecular flexibility index (Phi) is 5.88. The molecule has 9 heteroatoms. The summed E-state index contributed by atoms with van der Waals surface area (Å²) in [6.07, 6.45) is -2.30. The fourth-order valence-corrected chi connectivity index (χ4v) is 3.53. The number of cyclic esters (lactones) is 1. The average molecular weight is 386 g/mol. The highest BCUT2D eigenvalue weighted by molar-refractivity contribution is 5.90. The summed E-state index contributed by atoms with van der Waals surface area (Å²) in [6, 6.07) is 4.50. The van der Waals surface area contributed by atoms with Gasteiger partial charge >= 0.3 is 12.5 Å². The maximum Gasteiger partial charge on any atom is 0.414 e. The van der Waals surface area contributed by atoms with Crippen molar-refractivity contribution in [3.8, 4) is 0 Å². The van der Waals surface area contributed by atoms with E-state index in [0.29, 0.717) is 36.9 Å². The first kappa shape index (κ1) is 19.5. The second kappa shape index (κ2) is 8.16. The van der Waals surface area contributed by atoms with Crippen molar-refractivity contribution in [3.63, 3.8) is 0 Å². The van der Waals surface area contributed by atoms with E-state index in [4.69, 9.17) is 4.74 Å². The van der Waals surface area contributed by atoms with E-state index in [1.165, 1.54) is 11.0 Å². The number of halogens is 3. The SMILES string of the molecule is O=C(NCC1CN(c2ccc(C3CCC(O)CC3)c(F)c2)C(=O)O1)C(F)F. The maximum absolute atomic E-state index is 14.6. The Balaban J connectivity index is 1.63. The number of ether oxygens (including phenoxy) is 1. The lowest BCUT2D eigenvalue weighted by Crippen LogP contribution is -2.37. The number of hydrogen-bond acceptors (Lipinski definition) is 4. The van der Waals surface area contributed by atoms with E-state index in [1.807, 2.05) is 5.32 Å². The second-order valence-electron chi connectivity index (χ2n) is 6.87. The highest BCUT2D eigenvalue weighted by Crippen LogP contribution is 2.35. The summed E-state index contributed by atoms with van der Waals surface area (Å²) in [5.74, 6) is -1.83. The van der Waals surface area contributed by atoms with Gasteiger partial charge < -0.3 is 15.2 Å². The van der Waals surface area contributed by atoms with Crippen LogP contribution in [0, 0.1) is 5.82 Å². The van der Waals surface area contributed by atoms with E-state index in [0.717, 1.165) is 0 Å². The lowest BCUT2D eigenvalue weighted by atomic mass is 9.82. The number of amides is 2. The van der Waals surface area contributed by atoms with Gasteiger partial charge in [0, 0.05) is 0 Å². The van der Waals surface area contributed by atoms with Crippen LogP contribution in [0.1, 0.15) is 37.2 Å². The van der Waals surface area contributed by atoms with E-state index in [9.17, 15) is 27.9 Å². The number of nitrogens with zero attached hydrogens (tertiary/aromatic N) is 1. The summed E-state index contributed by atoms with van der Waals surface area (Å²) in [5.41, 5.74) is 0.860. The molecule has 1 saturated heterocycles. The molecule has 148 valence electrons. The molecular formula is C18H21F3N2O4. The van der Waals surface area contributed by atoms with Crippen molar-refractivity contribution in [2.24, 2.45) is 0 Å². The minimum atomic E-state index is -3.14. The Hall–Kier alpha value is -2.29. The number of rotatable bonds is 5. The first-order valence-electron chi connectivity index (χ1n) is 8.86. The van der Waals surface area contributed by atoms with Gasteiger partial charge in [-0.05, 0) is 49.3 Å². The molecule has 1 unspecified atom stereocenters. The highest BCUT2D eigenvalue weighted by Gasteiger charge is 2.34. The van der Waals surface area contributed by atoms with Crippen LogP contribution in [0.25, 0.3) is 0 Å². The van der Waals surface area contributed by atoms with Crippen molar-refractivity contribution < 1.29 is 32.6 Å². The molecule has 2 N–H and O–H groups in total. The molecule has 1 aliphatic heterocycles. The predicted octanol–water partition coefficient (Wildman–Crippen LogP) is 2.55. The minimum absolute atomic E-state index is 0.0246. The smallest absolute Gasteiger partial charge is 0.414 e. The number of aliphatic hydroxyl groups excluding tert-OH is 1. The van der Waals surface area contributed by atoms with Crippen LogP contribution in [0.3, 0.4) is 0 Å². The second-order valence-corrected chi connectivity index (χ2v) is 6.87. The molecule has 2 aliphatic rings. The number of hydrogen-bond donors (Lipinski definition) is 2. The molecule has 6 nitrogen and oxygen atoms in total. The monoisotopic (exact) mass is 386 g/mol. The van der Waals surface area contributed by atoms with E-state index >= 15 is 0 Å². The van der Waals surface area contributed by atoms with Crippen molar-refractivity contribution in [1.82, 2.24) is 5.32 Å². The van der Waals surface area contributed by atoms with Crippen LogP contribution in [0.4, 0.5) is 23.7 Å². The zero-order valence-corrected chi connectivity index (χ0v) is 14.5. The van der Waals surface area contributed by atoms with Gasteiger partial charge in [0.2, 0.25) is 0 Å². The van der Waals surface area contributed by atoms with Gasteiger partial charge in [0.25, 0.3) is 5.91 Å². The summed E-state index contributed by atoms with van der Waals surface area (Å²) < 4.78 is 44.0. The van der Waals surface area contributed by atoms with Crippen molar-refractivity contribution in [1.29, 1.82) is 0 Å². The number of nitrogens with one attached hydrogen (secondary N) is 1. The van der Waals surface area contributed by atoms with Gasteiger partial charge in [-0.25, -0.2) is 9.18 Å². The Morgan fingerprint density at radius 3 is 2.63 bits per heavy atom. The largest absolute Gasteiger partial charge is 0.442 e. The average Bonchev–Trinajstić information content (AvgIpc) is 3.01. The number of carbonyl (C=O) groups excluding carboxylic acids is 2. The molecule has 1 aromatic rings. The third-order valence-corrected chi connectivity index (χ3v) is 5.01. The molecule has 1 saturated carbocycles. The van der Waals surface area contributed by atoms with Gasteiger partial charge in [0.05, 0.1) is 24.9 Å². The Bertz CT molecular complexity index is 708. The van der Waals surface area contributed by atoms with E-state index in [2.05, 4.69) is 0 Å². The molecule has 1 atom stereocenters. The van der Waals surface area contributed by atoms with Crippen LogP contribution in [-0.4, -0.2) is 48.8 Å². The number of alkyl halides is 2. The third-order valence-electron chi connectivity index (χ3n) is 5.01. The van der Waals surface area contributed by atoms with Crippen LogP contribution in [0.15, 0.2) is 18.2 Å². The Labute approximate surface area is 154 Å². The van der Waals surface area contributed by atoms with E-state index in [1.54, 1.807) is 12.1 Å².